The summed E-state index contributed by atoms with van der Waals surface area (Å²) in [7, 11) is 2.12. The molecule has 1 fully saturated rings. The molecule has 0 atom stereocenters. The van der Waals surface area contributed by atoms with Crippen molar-refractivity contribution >= 4 is 23.8 Å². The summed E-state index contributed by atoms with van der Waals surface area (Å²) in [5.41, 5.74) is 4.71. The zero-order valence-electron chi connectivity index (χ0n) is 21.4. The van der Waals surface area contributed by atoms with E-state index in [2.05, 4.69) is 45.3 Å². The highest BCUT2D eigenvalue weighted by molar-refractivity contribution is 6.04. The van der Waals surface area contributed by atoms with Gasteiger partial charge in [-0.15, -0.1) is 0 Å². The van der Waals surface area contributed by atoms with E-state index in [1.165, 1.54) is 5.56 Å². The average molecular weight is 492 g/mol. The van der Waals surface area contributed by atoms with Gasteiger partial charge in [-0.05, 0) is 60.8 Å². The van der Waals surface area contributed by atoms with E-state index in [9.17, 15) is 9.59 Å². The van der Waals surface area contributed by atoms with Crippen molar-refractivity contribution in [2.24, 2.45) is 5.10 Å². The van der Waals surface area contributed by atoms with E-state index in [4.69, 9.17) is 4.74 Å². The second kappa shape index (κ2) is 12.6. The minimum atomic E-state index is -0.173. The molecular formula is C28H37N5O3. The molecule has 1 N–H and O–H groups in total. The summed E-state index contributed by atoms with van der Waals surface area (Å²) < 4.78 is 5.31. The molecule has 1 amide bonds. The average Bonchev–Trinajstić information content (AvgIpc) is 2.88. The molecule has 2 aliphatic heterocycles. The Kier molecular flexibility index (Phi) is 9.08. The minimum Gasteiger partial charge on any atom is -0.465 e. The van der Waals surface area contributed by atoms with E-state index in [0.717, 1.165) is 68.8 Å². The van der Waals surface area contributed by atoms with Gasteiger partial charge in [-0.25, -0.2) is 0 Å². The van der Waals surface area contributed by atoms with Gasteiger partial charge >= 0.3 is 5.97 Å². The number of carbonyl (C=O) groups is 2. The Morgan fingerprint density at radius 1 is 1.03 bits per heavy atom. The number of esters is 1. The van der Waals surface area contributed by atoms with Crippen LogP contribution in [0.15, 0.2) is 47.6 Å². The Balaban J connectivity index is 1.30. The van der Waals surface area contributed by atoms with Crippen molar-refractivity contribution in [3.05, 3.63) is 64.7 Å². The molecule has 192 valence electrons. The van der Waals surface area contributed by atoms with Gasteiger partial charge < -0.3 is 15.0 Å². The van der Waals surface area contributed by atoms with Gasteiger partial charge in [0.2, 0.25) is 0 Å². The van der Waals surface area contributed by atoms with Crippen LogP contribution in [0.4, 0.5) is 5.69 Å². The number of benzene rings is 2. The van der Waals surface area contributed by atoms with Crippen molar-refractivity contribution in [3.8, 4) is 0 Å². The number of likely N-dealkylation sites (N-methyl/N-ethyl adjacent to an activating group) is 1. The number of unbranched alkanes of at least 4 members (excludes halogenated alkanes) is 1. The molecule has 4 rings (SSSR count). The fraction of sp³-hybridized carbons (Fsp3) is 0.464. The maximum absolute atomic E-state index is 12.8. The SMILES string of the molecule is CCCCOC(=O)CN1CCc2ccc(NC(=O)c3ccc(/C=N/N4CCN(C)CC4)cc3)cc2C1. The third kappa shape index (κ3) is 7.38. The molecule has 0 spiro atoms. The summed E-state index contributed by atoms with van der Waals surface area (Å²) in [6, 6.07) is 13.5. The Morgan fingerprint density at radius 3 is 2.56 bits per heavy atom. The predicted octanol–water partition coefficient (Wildman–Crippen LogP) is 3.22. The molecule has 8 nitrogen and oxygen atoms in total. The zero-order chi connectivity index (χ0) is 25.3. The number of nitrogens with zero attached hydrogens (tertiary/aromatic N) is 4. The molecule has 2 aromatic rings. The van der Waals surface area contributed by atoms with E-state index >= 15 is 0 Å². The molecule has 0 radical (unpaired) electrons. The molecule has 36 heavy (non-hydrogen) atoms. The molecule has 0 aliphatic carbocycles. The topological polar surface area (TPSA) is 77.5 Å². The molecule has 2 aliphatic rings. The Hall–Kier alpha value is -3.23. The molecule has 0 bridgehead atoms. The lowest BCUT2D eigenvalue weighted by atomic mass is 9.99. The van der Waals surface area contributed by atoms with Gasteiger partial charge in [0.25, 0.3) is 5.91 Å². The number of ether oxygens (including phenoxy) is 1. The van der Waals surface area contributed by atoms with Crippen LogP contribution in [0.5, 0.6) is 0 Å². The third-order valence-electron chi connectivity index (χ3n) is 6.69. The van der Waals surface area contributed by atoms with Crippen molar-refractivity contribution in [1.29, 1.82) is 0 Å². The number of anilines is 1. The van der Waals surface area contributed by atoms with Crippen molar-refractivity contribution in [2.75, 3.05) is 58.2 Å². The highest BCUT2D eigenvalue weighted by Crippen LogP contribution is 2.23. The van der Waals surface area contributed by atoms with Gasteiger partial charge in [-0.3, -0.25) is 19.5 Å². The second-order valence-electron chi connectivity index (χ2n) is 9.60. The fourth-order valence-corrected chi connectivity index (χ4v) is 4.37. The first-order valence-corrected chi connectivity index (χ1v) is 12.9. The number of amides is 1. The molecule has 1 saturated heterocycles. The van der Waals surface area contributed by atoms with Crippen molar-refractivity contribution in [1.82, 2.24) is 14.8 Å². The number of hydrogen-bond donors (Lipinski definition) is 1. The van der Waals surface area contributed by atoms with Crippen molar-refractivity contribution in [2.45, 2.75) is 32.7 Å². The number of piperazine rings is 1. The van der Waals surface area contributed by atoms with E-state index < -0.39 is 0 Å². The highest BCUT2D eigenvalue weighted by Gasteiger charge is 2.20. The summed E-state index contributed by atoms with van der Waals surface area (Å²) in [6.07, 6.45) is 4.63. The van der Waals surface area contributed by atoms with Gasteiger partial charge in [0.05, 0.1) is 19.4 Å². The first-order chi connectivity index (χ1) is 17.5. The van der Waals surface area contributed by atoms with Crippen LogP contribution in [0.1, 0.15) is 46.8 Å². The number of fused-ring (bicyclic) bond motifs is 1. The second-order valence-corrected chi connectivity index (χ2v) is 9.60. The Bertz CT molecular complexity index is 1060. The Labute approximate surface area is 213 Å². The van der Waals surface area contributed by atoms with Gasteiger partial charge in [-0.2, -0.15) is 5.10 Å². The van der Waals surface area contributed by atoms with E-state index in [1.807, 2.05) is 42.6 Å². The lowest BCUT2D eigenvalue weighted by molar-refractivity contribution is -0.145. The number of hydrazone groups is 1. The monoisotopic (exact) mass is 491 g/mol. The van der Waals surface area contributed by atoms with Crippen LogP contribution in [0.25, 0.3) is 0 Å². The van der Waals surface area contributed by atoms with Gasteiger partial charge in [0, 0.05) is 50.5 Å². The lowest BCUT2D eigenvalue weighted by Crippen LogP contribution is -2.41. The largest absolute Gasteiger partial charge is 0.465 e. The van der Waals surface area contributed by atoms with Gasteiger partial charge in [0.1, 0.15) is 0 Å². The molecule has 0 saturated carbocycles. The fourth-order valence-electron chi connectivity index (χ4n) is 4.37. The summed E-state index contributed by atoms with van der Waals surface area (Å²) in [4.78, 5) is 29.3. The summed E-state index contributed by atoms with van der Waals surface area (Å²) >= 11 is 0. The molecule has 8 heteroatoms. The lowest BCUT2D eigenvalue weighted by Gasteiger charge is -2.30. The summed E-state index contributed by atoms with van der Waals surface area (Å²) in [5, 5.41) is 9.65. The van der Waals surface area contributed by atoms with E-state index in [0.29, 0.717) is 25.3 Å². The maximum atomic E-state index is 12.8. The maximum Gasteiger partial charge on any atom is 0.320 e. The molecule has 0 unspecified atom stereocenters. The predicted molar refractivity (Wildman–Crippen MR) is 142 cm³/mol. The normalized spacial score (nSPS) is 16.7. The molecule has 2 heterocycles. The van der Waals surface area contributed by atoms with E-state index in [-0.39, 0.29) is 11.9 Å². The van der Waals surface area contributed by atoms with Crippen LogP contribution >= 0.6 is 0 Å². The number of rotatable bonds is 9. The van der Waals surface area contributed by atoms with Gasteiger partial charge in [0.15, 0.2) is 0 Å². The first-order valence-electron chi connectivity index (χ1n) is 12.9. The highest BCUT2D eigenvalue weighted by atomic mass is 16.5. The number of hydrogen-bond acceptors (Lipinski definition) is 7. The van der Waals surface area contributed by atoms with Crippen molar-refractivity contribution in [3.63, 3.8) is 0 Å². The van der Waals surface area contributed by atoms with Crippen LogP contribution in [0.2, 0.25) is 0 Å². The molecule has 2 aromatic carbocycles. The standard InChI is InChI=1S/C28H37N5O3/c1-3-4-17-36-27(34)21-32-12-11-23-9-10-26(18-25(23)20-32)30-28(35)24-7-5-22(6-8-24)19-29-33-15-13-31(2)14-16-33/h5-10,18-19H,3-4,11-17,20-21H2,1-2H3,(H,30,35)/b29-19+. The van der Waals surface area contributed by atoms with Crippen LogP contribution in [-0.2, 0) is 22.5 Å². The minimum absolute atomic E-state index is 0.148. The quantitative estimate of drug-likeness (QED) is 0.330. The van der Waals surface area contributed by atoms with Crippen LogP contribution in [0, 0.1) is 0 Å². The smallest absolute Gasteiger partial charge is 0.320 e. The number of carbonyl (C=O) groups excluding carboxylic acids is 2. The number of nitrogens with one attached hydrogen (secondary N) is 1. The molecular weight excluding hydrogens is 454 g/mol. The Morgan fingerprint density at radius 2 is 1.81 bits per heavy atom. The first kappa shape index (κ1) is 25.9. The van der Waals surface area contributed by atoms with Crippen LogP contribution in [0.3, 0.4) is 0 Å². The summed E-state index contributed by atoms with van der Waals surface area (Å²) in [6.45, 7) is 8.24. The third-order valence-corrected chi connectivity index (χ3v) is 6.69. The zero-order valence-corrected chi connectivity index (χ0v) is 21.4. The summed E-state index contributed by atoms with van der Waals surface area (Å²) in [5.74, 6) is -0.321. The van der Waals surface area contributed by atoms with Crippen molar-refractivity contribution < 1.29 is 14.3 Å². The molecule has 0 aromatic heterocycles. The van der Waals surface area contributed by atoms with Crippen LogP contribution < -0.4 is 5.32 Å². The van der Waals surface area contributed by atoms with Gasteiger partial charge in [-0.1, -0.05) is 31.5 Å². The van der Waals surface area contributed by atoms with E-state index in [1.54, 1.807) is 0 Å². The van der Waals surface area contributed by atoms with Crippen LogP contribution in [-0.4, -0.2) is 85.8 Å².